The summed E-state index contributed by atoms with van der Waals surface area (Å²) in [5.74, 6) is 1.51. The van der Waals surface area contributed by atoms with E-state index in [1.165, 1.54) is 6.07 Å². The quantitative estimate of drug-likeness (QED) is 0.272. The van der Waals surface area contributed by atoms with Crippen molar-refractivity contribution in [1.29, 1.82) is 0 Å². The molecular formula is C27H28N4O5. The Morgan fingerprint density at radius 2 is 1.83 bits per heavy atom. The number of nitro benzene ring substituents is 1. The highest BCUT2D eigenvalue weighted by Crippen LogP contribution is 2.30. The number of nitrogens with zero attached hydrogens (tertiary/aromatic N) is 4. The molecule has 0 aliphatic carbocycles. The van der Waals surface area contributed by atoms with E-state index in [9.17, 15) is 14.9 Å². The van der Waals surface area contributed by atoms with Crippen molar-refractivity contribution in [2.45, 2.75) is 20.4 Å². The monoisotopic (exact) mass is 488 g/mol. The Bertz CT molecular complexity index is 1410. The van der Waals surface area contributed by atoms with Crippen molar-refractivity contribution in [3.8, 4) is 5.75 Å². The van der Waals surface area contributed by atoms with Crippen molar-refractivity contribution < 1.29 is 18.9 Å². The molecule has 9 heteroatoms. The molecule has 1 fully saturated rings. The van der Waals surface area contributed by atoms with Gasteiger partial charge in [0.15, 0.2) is 5.58 Å². The number of piperazine rings is 1. The first-order chi connectivity index (χ1) is 17.4. The first-order valence-electron chi connectivity index (χ1n) is 12.0. The van der Waals surface area contributed by atoms with Crippen molar-refractivity contribution in [2.24, 2.45) is 0 Å². The van der Waals surface area contributed by atoms with Crippen LogP contribution in [0.15, 0.2) is 65.1 Å². The number of fused-ring (bicyclic) bond motifs is 1. The summed E-state index contributed by atoms with van der Waals surface area (Å²) in [6, 6.07) is 18.1. The summed E-state index contributed by atoms with van der Waals surface area (Å²) >= 11 is 0. The lowest BCUT2D eigenvalue weighted by molar-refractivity contribution is -0.384. The number of para-hydroxylation sites is 2. The minimum Gasteiger partial charge on any atom is -0.492 e. The number of carbonyl (C=O) groups is 1. The van der Waals surface area contributed by atoms with Crippen LogP contribution in [0.5, 0.6) is 5.75 Å². The van der Waals surface area contributed by atoms with E-state index in [-0.39, 0.29) is 11.6 Å². The van der Waals surface area contributed by atoms with Gasteiger partial charge in [0.05, 0.1) is 22.7 Å². The third kappa shape index (κ3) is 4.51. The molecular weight excluding hydrogens is 460 g/mol. The van der Waals surface area contributed by atoms with Crippen LogP contribution in [0.3, 0.4) is 0 Å². The van der Waals surface area contributed by atoms with Crippen LogP contribution in [0.4, 0.5) is 11.4 Å². The molecule has 4 aromatic rings. The summed E-state index contributed by atoms with van der Waals surface area (Å²) in [5.41, 5.74) is 3.74. The second-order valence-corrected chi connectivity index (χ2v) is 8.83. The first kappa shape index (κ1) is 23.5. The average Bonchev–Trinajstić information content (AvgIpc) is 3.41. The molecule has 0 radical (unpaired) electrons. The number of furan rings is 1. The van der Waals surface area contributed by atoms with Gasteiger partial charge in [-0.1, -0.05) is 24.3 Å². The maximum Gasteiger partial charge on any atom is 0.270 e. The van der Waals surface area contributed by atoms with E-state index in [1.807, 2.05) is 59.7 Å². The average molecular weight is 489 g/mol. The Labute approximate surface area is 208 Å². The Kier molecular flexibility index (Phi) is 6.37. The molecule has 0 saturated carbocycles. The number of hydrogen-bond acceptors (Lipinski definition) is 6. The molecule has 36 heavy (non-hydrogen) atoms. The fourth-order valence-corrected chi connectivity index (χ4v) is 4.77. The molecule has 1 aliphatic rings. The van der Waals surface area contributed by atoms with E-state index in [2.05, 4.69) is 4.90 Å². The predicted octanol–water partition coefficient (Wildman–Crippen LogP) is 4.86. The van der Waals surface area contributed by atoms with Gasteiger partial charge < -0.3 is 23.5 Å². The highest BCUT2D eigenvalue weighted by Gasteiger charge is 2.27. The zero-order valence-corrected chi connectivity index (χ0v) is 20.3. The maximum absolute atomic E-state index is 13.7. The Morgan fingerprint density at radius 1 is 1.06 bits per heavy atom. The number of carbonyl (C=O) groups excluding carboxylic acids is 1. The number of anilines is 1. The summed E-state index contributed by atoms with van der Waals surface area (Å²) in [6.45, 7) is 7.27. The van der Waals surface area contributed by atoms with E-state index in [0.29, 0.717) is 50.6 Å². The number of nitro groups is 1. The molecule has 0 atom stereocenters. The van der Waals surface area contributed by atoms with Gasteiger partial charge in [-0.3, -0.25) is 14.9 Å². The Morgan fingerprint density at radius 3 is 2.58 bits per heavy atom. The molecule has 3 heterocycles. The molecule has 1 aliphatic heterocycles. The van der Waals surface area contributed by atoms with Gasteiger partial charge in [0.1, 0.15) is 17.2 Å². The maximum atomic E-state index is 13.7. The first-order valence-corrected chi connectivity index (χ1v) is 12.0. The number of aromatic nitrogens is 1. The summed E-state index contributed by atoms with van der Waals surface area (Å²) in [4.78, 5) is 28.6. The van der Waals surface area contributed by atoms with Gasteiger partial charge in [0.25, 0.3) is 11.6 Å². The lowest BCUT2D eigenvalue weighted by Gasteiger charge is -2.36. The molecule has 1 saturated heterocycles. The van der Waals surface area contributed by atoms with Crippen LogP contribution < -0.4 is 9.64 Å². The number of benzene rings is 2. The fourth-order valence-electron chi connectivity index (χ4n) is 4.77. The highest BCUT2D eigenvalue weighted by molar-refractivity contribution is 5.98. The van der Waals surface area contributed by atoms with Crippen molar-refractivity contribution in [3.63, 3.8) is 0 Å². The summed E-state index contributed by atoms with van der Waals surface area (Å²) in [7, 11) is 0. The van der Waals surface area contributed by atoms with Gasteiger partial charge in [-0.2, -0.15) is 0 Å². The zero-order chi connectivity index (χ0) is 25.2. The third-order valence-corrected chi connectivity index (χ3v) is 6.47. The van der Waals surface area contributed by atoms with Crippen LogP contribution >= 0.6 is 0 Å². The fraction of sp³-hybridized carbons (Fsp3) is 0.296. The second kappa shape index (κ2) is 9.77. The lowest BCUT2D eigenvalue weighted by Crippen LogP contribution is -2.49. The van der Waals surface area contributed by atoms with Crippen LogP contribution in [0.1, 0.15) is 28.7 Å². The molecule has 2 aromatic carbocycles. The molecule has 0 bridgehead atoms. The van der Waals surface area contributed by atoms with Gasteiger partial charge in [-0.25, -0.2) is 0 Å². The smallest absolute Gasteiger partial charge is 0.270 e. The standard InChI is InChI=1S/C27H28N4O5/c1-3-35-25-10-5-4-9-22(25)28-11-13-29(14-12-28)27(32)24-17-26-23(15-19(2)36-26)30(24)18-20-7-6-8-21(16-20)31(33)34/h4-10,15-17H,3,11-14,18H2,1-2H3. The van der Waals surface area contributed by atoms with Crippen LogP contribution in [-0.4, -0.2) is 53.1 Å². The molecule has 186 valence electrons. The largest absolute Gasteiger partial charge is 0.492 e. The van der Waals surface area contributed by atoms with Gasteiger partial charge in [-0.05, 0) is 31.5 Å². The van der Waals surface area contributed by atoms with E-state index < -0.39 is 4.92 Å². The van der Waals surface area contributed by atoms with E-state index in [0.717, 1.165) is 28.3 Å². The van der Waals surface area contributed by atoms with Crippen molar-refractivity contribution >= 4 is 28.4 Å². The number of amides is 1. The van der Waals surface area contributed by atoms with Gasteiger partial charge in [0, 0.05) is 57.0 Å². The number of non-ortho nitro benzene ring substituents is 1. The Balaban J connectivity index is 1.38. The van der Waals surface area contributed by atoms with Crippen LogP contribution in [0.2, 0.25) is 0 Å². The van der Waals surface area contributed by atoms with Crippen molar-refractivity contribution in [1.82, 2.24) is 9.47 Å². The highest BCUT2D eigenvalue weighted by atomic mass is 16.6. The number of aryl methyl sites for hydroxylation is 1. The molecule has 0 spiro atoms. The SMILES string of the molecule is CCOc1ccccc1N1CCN(C(=O)c2cc3oc(C)cc3n2Cc2cccc([N+](=O)[O-])c2)CC1. The summed E-state index contributed by atoms with van der Waals surface area (Å²) < 4.78 is 13.5. The van der Waals surface area contributed by atoms with E-state index in [1.54, 1.807) is 18.2 Å². The molecule has 0 unspecified atom stereocenters. The normalized spacial score (nSPS) is 13.8. The Hall–Kier alpha value is -4.27. The van der Waals surface area contributed by atoms with Crippen LogP contribution in [0, 0.1) is 17.0 Å². The molecule has 2 aromatic heterocycles. The van der Waals surface area contributed by atoms with E-state index >= 15 is 0 Å². The second-order valence-electron chi connectivity index (χ2n) is 8.83. The molecule has 5 rings (SSSR count). The molecule has 1 amide bonds. The summed E-state index contributed by atoms with van der Waals surface area (Å²) in [6.07, 6.45) is 0. The zero-order valence-electron chi connectivity index (χ0n) is 20.3. The number of rotatable bonds is 7. The van der Waals surface area contributed by atoms with Gasteiger partial charge in [-0.15, -0.1) is 0 Å². The van der Waals surface area contributed by atoms with Crippen LogP contribution in [0.25, 0.3) is 11.1 Å². The molecule has 9 nitrogen and oxygen atoms in total. The molecule has 0 N–H and O–H groups in total. The summed E-state index contributed by atoms with van der Waals surface area (Å²) in [5, 5.41) is 11.3. The lowest BCUT2D eigenvalue weighted by atomic mass is 10.2. The van der Waals surface area contributed by atoms with Crippen LogP contribution in [-0.2, 0) is 6.54 Å². The van der Waals surface area contributed by atoms with Gasteiger partial charge in [0.2, 0.25) is 0 Å². The predicted molar refractivity (Wildman–Crippen MR) is 137 cm³/mol. The van der Waals surface area contributed by atoms with Crippen molar-refractivity contribution in [3.05, 3.63) is 87.8 Å². The third-order valence-electron chi connectivity index (χ3n) is 6.47. The van der Waals surface area contributed by atoms with Crippen molar-refractivity contribution in [2.75, 3.05) is 37.7 Å². The topological polar surface area (TPSA) is 94.0 Å². The van der Waals surface area contributed by atoms with Gasteiger partial charge >= 0.3 is 0 Å². The number of hydrogen-bond donors (Lipinski definition) is 0. The van der Waals surface area contributed by atoms with E-state index in [4.69, 9.17) is 9.15 Å². The number of ether oxygens (including phenoxy) is 1. The minimum absolute atomic E-state index is 0.0237. The minimum atomic E-state index is -0.411.